The van der Waals surface area contributed by atoms with Crippen molar-refractivity contribution >= 4 is 33.1 Å². The van der Waals surface area contributed by atoms with Crippen LogP contribution in [-0.2, 0) is 11.3 Å². The van der Waals surface area contributed by atoms with Gasteiger partial charge in [-0.05, 0) is 67.6 Å². The zero-order valence-corrected chi connectivity index (χ0v) is 17.5. The molecule has 0 radical (unpaired) electrons. The first-order valence-electron chi connectivity index (χ1n) is 9.42. The van der Waals surface area contributed by atoms with Gasteiger partial charge in [0, 0.05) is 25.6 Å². The Hall–Kier alpha value is -1.83. The van der Waals surface area contributed by atoms with E-state index in [2.05, 4.69) is 26.2 Å². The zero-order chi connectivity index (χ0) is 19.2. The number of benzene rings is 1. The van der Waals surface area contributed by atoms with Crippen molar-refractivity contribution in [2.75, 3.05) is 19.7 Å². The number of carbonyl (C=O) groups is 1. The third kappa shape index (κ3) is 4.20. The van der Waals surface area contributed by atoms with Crippen LogP contribution in [0.2, 0.25) is 0 Å². The number of fused-ring (bicyclic) bond motifs is 1. The van der Waals surface area contributed by atoms with Crippen LogP contribution in [0, 0.1) is 11.8 Å². The summed E-state index contributed by atoms with van der Waals surface area (Å²) in [6.07, 6.45) is 2.31. The lowest BCUT2D eigenvalue weighted by atomic mass is 10.0. The summed E-state index contributed by atoms with van der Waals surface area (Å²) in [5.41, 5.74) is 1.40. The number of carbonyl (C=O) groups excluding carboxylic acids is 1. The molecule has 0 bridgehead atoms. The minimum atomic E-state index is -0.462. The van der Waals surface area contributed by atoms with E-state index in [1.807, 2.05) is 37.6 Å². The van der Waals surface area contributed by atoms with Crippen LogP contribution in [-0.4, -0.2) is 51.3 Å². The summed E-state index contributed by atoms with van der Waals surface area (Å²) in [6, 6.07) is 3.98. The molecule has 27 heavy (non-hydrogen) atoms. The van der Waals surface area contributed by atoms with Gasteiger partial charge in [-0.2, -0.15) is 0 Å². The van der Waals surface area contributed by atoms with Gasteiger partial charge in [0.1, 0.15) is 16.9 Å². The van der Waals surface area contributed by atoms with Crippen LogP contribution in [0.5, 0.6) is 5.75 Å². The molecule has 2 fully saturated rings. The number of likely N-dealkylation sites (tertiary alicyclic amines) is 1. The zero-order valence-electron chi connectivity index (χ0n) is 15.9. The van der Waals surface area contributed by atoms with Crippen molar-refractivity contribution in [1.82, 2.24) is 19.9 Å². The van der Waals surface area contributed by atoms with Gasteiger partial charge in [-0.3, -0.25) is 0 Å². The van der Waals surface area contributed by atoms with Gasteiger partial charge in [0.25, 0.3) is 0 Å². The second-order valence-corrected chi connectivity index (χ2v) is 9.32. The standard InChI is InChI=1S/C19H25BrN4O3/c1-19(2,3)27-18(25)23-8-13(9-23)11-26-15-7-6-14-17(16(15)20)21-22-24(14)10-12-4-5-12/h6-7,12-13H,4-5,8-11H2,1-3H3. The molecule has 1 aliphatic carbocycles. The molecule has 0 spiro atoms. The van der Waals surface area contributed by atoms with Crippen LogP contribution in [0.4, 0.5) is 4.79 Å². The van der Waals surface area contributed by atoms with Gasteiger partial charge in [-0.1, -0.05) is 5.21 Å². The van der Waals surface area contributed by atoms with Crippen LogP contribution >= 0.6 is 15.9 Å². The van der Waals surface area contributed by atoms with Crippen LogP contribution in [0.25, 0.3) is 11.0 Å². The Morgan fingerprint density at radius 3 is 2.67 bits per heavy atom. The van der Waals surface area contributed by atoms with Gasteiger partial charge in [0.15, 0.2) is 0 Å². The van der Waals surface area contributed by atoms with Crippen LogP contribution < -0.4 is 4.74 Å². The van der Waals surface area contributed by atoms with E-state index in [-0.39, 0.29) is 6.09 Å². The molecule has 8 heteroatoms. The normalized spacial score (nSPS) is 17.9. The summed E-state index contributed by atoms with van der Waals surface area (Å²) < 4.78 is 14.2. The maximum Gasteiger partial charge on any atom is 0.410 e. The highest BCUT2D eigenvalue weighted by molar-refractivity contribution is 9.10. The first-order chi connectivity index (χ1) is 12.8. The van der Waals surface area contributed by atoms with Crippen molar-refractivity contribution in [2.45, 2.75) is 45.8 Å². The molecule has 1 saturated carbocycles. The maximum atomic E-state index is 12.0. The fourth-order valence-electron chi connectivity index (χ4n) is 3.14. The van der Waals surface area contributed by atoms with Crippen molar-refractivity contribution < 1.29 is 14.3 Å². The molecule has 2 heterocycles. The van der Waals surface area contributed by atoms with Crippen molar-refractivity contribution in [3.05, 3.63) is 16.6 Å². The van der Waals surface area contributed by atoms with Gasteiger partial charge in [-0.25, -0.2) is 9.48 Å². The van der Waals surface area contributed by atoms with E-state index in [1.165, 1.54) is 12.8 Å². The SMILES string of the molecule is CC(C)(C)OC(=O)N1CC(COc2ccc3c(nnn3CC3CC3)c2Br)C1. The first-order valence-corrected chi connectivity index (χ1v) is 10.2. The van der Waals surface area contributed by atoms with E-state index in [1.54, 1.807) is 4.90 Å². The van der Waals surface area contributed by atoms with Crippen molar-refractivity contribution in [2.24, 2.45) is 11.8 Å². The summed E-state index contributed by atoms with van der Waals surface area (Å²) in [6.45, 7) is 8.43. The summed E-state index contributed by atoms with van der Waals surface area (Å²) in [5, 5.41) is 8.59. The Kier molecular flexibility index (Phi) is 4.78. The van der Waals surface area contributed by atoms with Crippen molar-refractivity contribution in [3.8, 4) is 5.75 Å². The molecule has 7 nitrogen and oxygen atoms in total. The molecular formula is C19H25BrN4O3. The number of amides is 1. The summed E-state index contributed by atoms with van der Waals surface area (Å²) in [5.74, 6) is 1.82. The lowest BCUT2D eigenvalue weighted by Gasteiger charge is -2.39. The summed E-state index contributed by atoms with van der Waals surface area (Å²) in [7, 11) is 0. The second kappa shape index (κ2) is 6.96. The number of hydrogen-bond acceptors (Lipinski definition) is 5. The summed E-state index contributed by atoms with van der Waals surface area (Å²) in [4.78, 5) is 13.7. The van der Waals surface area contributed by atoms with E-state index in [0.717, 1.165) is 33.7 Å². The van der Waals surface area contributed by atoms with Gasteiger partial charge >= 0.3 is 6.09 Å². The second-order valence-electron chi connectivity index (χ2n) is 8.52. The van der Waals surface area contributed by atoms with Crippen LogP contribution in [0.15, 0.2) is 16.6 Å². The molecule has 2 aliphatic rings. The van der Waals surface area contributed by atoms with Crippen LogP contribution in [0.3, 0.4) is 0 Å². The monoisotopic (exact) mass is 436 g/mol. The maximum absolute atomic E-state index is 12.0. The highest BCUT2D eigenvalue weighted by Crippen LogP contribution is 2.35. The molecule has 0 N–H and O–H groups in total. The number of halogens is 1. The lowest BCUT2D eigenvalue weighted by Crippen LogP contribution is -2.53. The van der Waals surface area contributed by atoms with Gasteiger partial charge in [0.05, 0.1) is 16.6 Å². The highest BCUT2D eigenvalue weighted by Gasteiger charge is 2.34. The molecule has 0 unspecified atom stereocenters. The van der Waals surface area contributed by atoms with Crippen LogP contribution in [0.1, 0.15) is 33.6 Å². The Morgan fingerprint density at radius 1 is 1.26 bits per heavy atom. The Bertz CT molecular complexity index is 850. The molecule has 2 aromatic rings. The number of aromatic nitrogens is 3. The smallest absolute Gasteiger partial charge is 0.410 e. The molecule has 1 saturated heterocycles. The molecule has 0 atom stereocenters. The Balaban J connectivity index is 1.32. The lowest BCUT2D eigenvalue weighted by molar-refractivity contribution is -0.00784. The van der Waals surface area contributed by atoms with Gasteiger partial charge in [0.2, 0.25) is 0 Å². The van der Waals surface area contributed by atoms with E-state index >= 15 is 0 Å². The number of hydrogen-bond donors (Lipinski definition) is 0. The van der Waals surface area contributed by atoms with Crippen molar-refractivity contribution in [1.29, 1.82) is 0 Å². The fourth-order valence-corrected chi connectivity index (χ4v) is 3.66. The Morgan fingerprint density at radius 2 is 2.00 bits per heavy atom. The van der Waals surface area contributed by atoms with E-state index < -0.39 is 5.60 Å². The molecule has 146 valence electrons. The Labute approximate surface area is 167 Å². The molecule has 1 aliphatic heterocycles. The number of rotatable bonds is 5. The summed E-state index contributed by atoms with van der Waals surface area (Å²) >= 11 is 3.61. The molecular weight excluding hydrogens is 412 g/mol. The highest BCUT2D eigenvalue weighted by atomic mass is 79.9. The van der Waals surface area contributed by atoms with E-state index in [0.29, 0.717) is 25.6 Å². The number of nitrogens with zero attached hydrogens (tertiary/aromatic N) is 4. The predicted octanol–water partition coefficient (Wildman–Crippen LogP) is 3.85. The average molecular weight is 437 g/mol. The number of ether oxygens (including phenoxy) is 2. The molecule has 4 rings (SSSR count). The minimum Gasteiger partial charge on any atom is -0.492 e. The topological polar surface area (TPSA) is 69.5 Å². The molecule has 1 aromatic heterocycles. The average Bonchev–Trinajstić information content (AvgIpc) is 3.25. The van der Waals surface area contributed by atoms with E-state index in [4.69, 9.17) is 9.47 Å². The minimum absolute atomic E-state index is 0.256. The fraction of sp³-hybridized carbons (Fsp3) is 0.632. The van der Waals surface area contributed by atoms with Gasteiger partial charge in [-0.15, -0.1) is 5.10 Å². The third-order valence-electron chi connectivity index (χ3n) is 4.80. The predicted molar refractivity (Wildman–Crippen MR) is 105 cm³/mol. The third-order valence-corrected chi connectivity index (χ3v) is 5.57. The van der Waals surface area contributed by atoms with Crippen molar-refractivity contribution in [3.63, 3.8) is 0 Å². The largest absolute Gasteiger partial charge is 0.492 e. The van der Waals surface area contributed by atoms with E-state index in [9.17, 15) is 4.79 Å². The quantitative estimate of drug-likeness (QED) is 0.711. The molecule has 1 aromatic carbocycles. The first kappa shape index (κ1) is 18.5. The molecule has 1 amide bonds. The van der Waals surface area contributed by atoms with Gasteiger partial charge < -0.3 is 14.4 Å².